The third-order valence-electron chi connectivity index (χ3n) is 4.11. The summed E-state index contributed by atoms with van der Waals surface area (Å²) in [7, 11) is 0. The molecule has 2 rings (SSSR count). The van der Waals surface area contributed by atoms with Crippen LogP contribution in [-0.2, 0) is 15.9 Å². The topological polar surface area (TPSA) is 38.7 Å². The Labute approximate surface area is 121 Å². The number of aliphatic hydroxyl groups excluding tert-OH is 1. The number of ether oxygens (including phenoxy) is 2. The maximum atomic E-state index is 10.3. The van der Waals surface area contributed by atoms with E-state index in [1.54, 1.807) is 0 Å². The lowest BCUT2D eigenvalue weighted by Gasteiger charge is -2.26. The maximum Gasteiger partial charge on any atom is 0.105 e. The van der Waals surface area contributed by atoms with Crippen LogP contribution in [0.1, 0.15) is 43.9 Å². The molecule has 0 radical (unpaired) electrons. The van der Waals surface area contributed by atoms with Crippen molar-refractivity contribution in [3.8, 4) is 0 Å². The van der Waals surface area contributed by atoms with E-state index in [1.165, 1.54) is 5.56 Å². The van der Waals surface area contributed by atoms with Crippen LogP contribution in [0.3, 0.4) is 0 Å². The first-order valence-corrected chi connectivity index (χ1v) is 7.67. The molecular formula is C17H26O3. The van der Waals surface area contributed by atoms with E-state index in [2.05, 4.69) is 19.1 Å². The summed E-state index contributed by atoms with van der Waals surface area (Å²) in [6.07, 6.45) is 2.42. The highest BCUT2D eigenvalue weighted by Gasteiger charge is 2.20. The van der Waals surface area contributed by atoms with Crippen molar-refractivity contribution in [2.45, 2.75) is 45.3 Å². The number of hydrogen-bond acceptors (Lipinski definition) is 3. The molecule has 1 heterocycles. The van der Waals surface area contributed by atoms with Gasteiger partial charge in [0.2, 0.25) is 0 Å². The zero-order valence-corrected chi connectivity index (χ0v) is 12.5. The van der Waals surface area contributed by atoms with Gasteiger partial charge in [0.1, 0.15) is 6.10 Å². The number of aryl methyl sites for hydroxylation is 1. The first kappa shape index (κ1) is 15.5. The summed E-state index contributed by atoms with van der Waals surface area (Å²) in [6.45, 7) is 6.46. The fraction of sp³-hybridized carbons (Fsp3) is 0.647. The van der Waals surface area contributed by atoms with Gasteiger partial charge in [0.25, 0.3) is 0 Å². The molecule has 0 spiro atoms. The third-order valence-corrected chi connectivity index (χ3v) is 4.11. The van der Waals surface area contributed by atoms with Gasteiger partial charge in [0.15, 0.2) is 0 Å². The molecule has 1 aliphatic rings. The van der Waals surface area contributed by atoms with E-state index in [0.717, 1.165) is 38.0 Å². The predicted molar refractivity (Wildman–Crippen MR) is 79.7 cm³/mol. The molecule has 0 aliphatic carbocycles. The zero-order chi connectivity index (χ0) is 14.4. The molecule has 1 N–H and O–H groups in total. The summed E-state index contributed by atoms with van der Waals surface area (Å²) in [6, 6.07) is 8.14. The molecule has 0 saturated carbocycles. The molecule has 20 heavy (non-hydrogen) atoms. The van der Waals surface area contributed by atoms with E-state index in [4.69, 9.17) is 9.47 Å². The molecule has 1 saturated heterocycles. The Balaban J connectivity index is 1.82. The van der Waals surface area contributed by atoms with Gasteiger partial charge in [-0.3, -0.25) is 0 Å². The minimum atomic E-state index is -0.555. The first-order chi connectivity index (χ1) is 9.70. The van der Waals surface area contributed by atoms with Gasteiger partial charge in [0.05, 0.1) is 12.7 Å². The van der Waals surface area contributed by atoms with Gasteiger partial charge in [-0.2, -0.15) is 0 Å². The van der Waals surface area contributed by atoms with Crippen molar-refractivity contribution in [2.75, 3.05) is 19.8 Å². The van der Waals surface area contributed by atoms with Gasteiger partial charge >= 0.3 is 0 Å². The normalized spacial score (nSPS) is 19.8. The maximum absolute atomic E-state index is 10.3. The highest BCUT2D eigenvalue weighted by atomic mass is 16.5. The first-order valence-electron chi connectivity index (χ1n) is 7.67. The van der Waals surface area contributed by atoms with Crippen molar-refractivity contribution < 1.29 is 14.6 Å². The number of hydrogen-bond donors (Lipinski definition) is 1. The number of rotatable bonds is 6. The van der Waals surface area contributed by atoms with E-state index in [-0.39, 0.29) is 6.10 Å². The van der Waals surface area contributed by atoms with Crippen LogP contribution < -0.4 is 0 Å². The second-order valence-corrected chi connectivity index (χ2v) is 5.63. The quantitative estimate of drug-likeness (QED) is 0.869. The fourth-order valence-corrected chi connectivity index (χ4v) is 2.51. The summed E-state index contributed by atoms with van der Waals surface area (Å²) in [5.41, 5.74) is 2.22. The van der Waals surface area contributed by atoms with Crippen molar-refractivity contribution in [2.24, 2.45) is 5.92 Å². The smallest absolute Gasteiger partial charge is 0.105 e. The minimum absolute atomic E-state index is 0.176. The molecule has 2 atom stereocenters. The van der Waals surface area contributed by atoms with Gasteiger partial charge in [0, 0.05) is 13.2 Å². The molecule has 3 nitrogen and oxygen atoms in total. The summed E-state index contributed by atoms with van der Waals surface area (Å²) in [5.74, 6) is 0.570. The van der Waals surface area contributed by atoms with Crippen LogP contribution in [0.5, 0.6) is 0 Å². The SMILES string of the molecule is CCc1ccc(C(O)C(C)OCC2CCOCC2)cc1. The molecule has 1 aromatic carbocycles. The fourth-order valence-electron chi connectivity index (χ4n) is 2.51. The van der Waals surface area contributed by atoms with Crippen molar-refractivity contribution in [1.29, 1.82) is 0 Å². The van der Waals surface area contributed by atoms with Crippen LogP contribution in [0.25, 0.3) is 0 Å². The number of aliphatic hydroxyl groups is 1. The van der Waals surface area contributed by atoms with Crippen LogP contribution in [0, 0.1) is 5.92 Å². The summed E-state index contributed by atoms with van der Waals surface area (Å²) in [5, 5.41) is 10.3. The van der Waals surface area contributed by atoms with Crippen LogP contribution in [0.4, 0.5) is 0 Å². The molecule has 1 aliphatic heterocycles. The Morgan fingerprint density at radius 2 is 1.90 bits per heavy atom. The molecule has 0 aromatic heterocycles. The molecular weight excluding hydrogens is 252 g/mol. The van der Waals surface area contributed by atoms with Gasteiger partial charge in [-0.15, -0.1) is 0 Å². The van der Waals surface area contributed by atoms with E-state index < -0.39 is 6.10 Å². The summed E-state index contributed by atoms with van der Waals surface area (Å²) >= 11 is 0. The molecule has 0 bridgehead atoms. The molecule has 3 heteroatoms. The van der Waals surface area contributed by atoms with Crippen molar-refractivity contribution in [3.05, 3.63) is 35.4 Å². The van der Waals surface area contributed by atoms with Crippen LogP contribution in [-0.4, -0.2) is 31.0 Å². The standard InChI is InChI=1S/C17H26O3/c1-3-14-4-6-16(7-5-14)17(18)13(2)20-12-15-8-10-19-11-9-15/h4-7,13,15,17-18H,3,8-12H2,1-2H3. The van der Waals surface area contributed by atoms with Crippen molar-refractivity contribution in [1.82, 2.24) is 0 Å². The molecule has 1 fully saturated rings. The number of benzene rings is 1. The Morgan fingerprint density at radius 1 is 1.25 bits per heavy atom. The van der Waals surface area contributed by atoms with Crippen LogP contribution >= 0.6 is 0 Å². The second-order valence-electron chi connectivity index (χ2n) is 5.63. The average Bonchev–Trinajstić information content (AvgIpc) is 2.53. The summed E-state index contributed by atoms with van der Waals surface area (Å²) < 4.78 is 11.2. The van der Waals surface area contributed by atoms with Crippen LogP contribution in [0.15, 0.2) is 24.3 Å². The van der Waals surface area contributed by atoms with E-state index >= 15 is 0 Å². The monoisotopic (exact) mass is 278 g/mol. The predicted octanol–water partition coefficient (Wildman–Crippen LogP) is 3.11. The largest absolute Gasteiger partial charge is 0.386 e. The van der Waals surface area contributed by atoms with Crippen molar-refractivity contribution >= 4 is 0 Å². The van der Waals surface area contributed by atoms with E-state index in [1.807, 2.05) is 19.1 Å². The molecule has 1 aromatic rings. The van der Waals surface area contributed by atoms with Crippen LogP contribution in [0.2, 0.25) is 0 Å². The van der Waals surface area contributed by atoms with Gasteiger partial charge in [-0.25, -0.2) is 0 Å². The zero-order valence-electron chi connectivity index (χ0n) is 12.5. The van der Waals surface area contributed by atoms with Gasteiger partial charge in [-0.1, -0.05) is 31.2 Å². The molecule has 2 unspecified atom stereocenters. The van der Waals surface area contributed by atoms with Crippen molar-refractivity contribution in [3.63, 3.8) is 0 Å². The Kier molecular flexibility index (Phi) is 6.02. The lowest BCUT2D eigenvalue weighted by Crippen LogP contribution is -2.25. The lowest BCUT2D eigenvalue weighted by molar-refractivity contribution is -0.0557. The van der Waals surface area contributed by atoms with Gasteiger partial charge in [-0.05, 0) is 43.2 Å². The Bertz CT molecular complexity index is 382. The third kappa shape index (κ3) is 4.30. The van der Waals surface area contributed by atoms with E-state index in [0.29, 0.717) is 12.5 Å². The highest BCUT2D eigenvalue weighted by Crippen LogP contribution is 2.22. The Morgan fingerprint density at radius 3 is 2.50 bits per heavy atom. The Hall–Kier alpha value is -0.900. The summed E-state index contributed by atoms with van der Waals surface area (Å²) in [4.78, 5) is 0. The lowest BCUT2D eigenvalue weighted by atomic mass is 10.0. The van der Waals surface area contributed by atoms with Gasteiger partial charge < -0.3 is 14.6 Å². The highest BCUT2D eigenvalue weighted by molar-refractivity contribution is 5.24. The molecule has 112 valence electrons. The average molecular weight is 278 g/mol. The molecule has 0 amide bonds. The second kappa shape index (κ2) is 7.77. The minimum Gasteiger partial charge on any atom is -0.386 e. The van der Waals surface area contributed by atoms with E-state index in [9.17, 15) is 5.11 Å².